The summed E-state index contributed by atoms with van der Waals surface area (Å²) in [5.74, 6) is -0.586. The lowest BCUT2D eigenvalue weighted by atomic mass is 10.0. The van der Waals surface area contributed by atoms with Crippen LogP contribution in [0, 0.1) is 0 Å². The van der Waals surface area contributed by atoms with E-state index in [-0.39, 0.29) is 25.2 Å². The van der Waals surface area contributed by atoms with Crippen molar-refractivity contribution in [1.29, 1.82) is 0 Å². The highest BCUT2D eigenvalue weighted by atomic mass is 16.6. The van der Waals surface area contributed by atoms with E-state index in [0.29, 0.717) is 12.8 Å². The third-order valence-corrected chi connectivity index (χ3v) is 9.25. The molecule has 0 amide bonds. The van der Waals surface area contributed by atoms with Crippen LogP contribution in [0.1, 0.15) is 219 Å². The molecule has 282 valence electrons. The van der Waals surface area contributed by atoms with Crippen LogP contribution in [0.15, 0.2) is 24.3 Å². The highest BCUT2D eigenvalue weighted by molar-refractivity contribution is 5.70. The Bertz CT molecular complexity index is 731. The molecule has 5 heteroatoms. The minimum absolute atomic E-state index is 0.0621. The fourth-order valence-corrected chi connectivity index (χ4v) is 6.06. The first-order chi connectivity index (χ1) is 23.6. The van der Waals surface area contributed by atoms with Crippen molar-refractivity contribution in [2.45, 2.75) is 225 Å². The van der Waals surface area contributed by atoms with Gasteiger partial charge in [-0.05, 0) is 44.9 Å². The lowest BCUT2D eigenvalue weighted by Gasteiger charge is -2.15. The van der Waals surface area contributed by atoms with Gasteiger partial charge in [-0.2, -0.15) is 0 Å². The number of carbonyl (C=O) groups is 2. The average Bonchev–Trinajstić information content (AvgIpc) is 3.09. The maximum atomic E-state index is 12.2. The lowest BCUT2D eigenvalue weighted by molar-refractivity contribution is -0.161. The van der Waals surface area contributed by atoms with Gasteiger partial charge in [-0.3, -0.25) is 9.59 Å². The summed E-state index contributed by atoms with van der Waals surface area (Å²) in [6, 6.07) is 0. The van der Waals surface area contributed by atoms with Crippen LogP contribution in [-0.4, -0.2) is 36.4 Å². The lowest BCUT2D eigenvalue weighted by Crippen LogP contribution is -2.28. The van der Waals surface area contributed by atoms with Crippen LogP contribution in [0.25, 0.3) is 0 Å². The van der Waals surface area contributed by atoms with Crippen LogP contribution in [-0.2, 0) is 19.1 Å². The summed E-state index contributed by atoms with van der Waals surface area (Å²) in [6.07, 6.45) is 46.8. The fraction of sp³-hybridized carbons (Fsp3) is 0.860. The number of hydrogen-bond donors (Lipinski definition) is 1. The molecule has 0 aromatic carbocycles. The zero-order valence-electron chi connectivity index (χ0n) is 32.0. The number of esters is 2. The second-order valence-electron chi connectivity index (χ2n) is 14.1. The van der Waals surface area contributed by atoms with Crippen LogP contribution in [0.5, 0.6) is 0 Å². The van der Waals surface area contributed by atoms with Crippen molar-refractivity contribution in [3.63, 3.8) is 0 Å². The van der Waals surface area contributed by atoms with Gasteiger partial charge in [0.25, 0.3) is 0 Å². The van der Waals surface area contributed by atoms with Gasteiger partial charge in [-0.25, -0.2) is 0 Å². The number of carbonyl (C=O) groups excluding carboxylic acids is 2. The molecule has 48 heavy (non-hydrogen) atoms. The molecule has 0 radical (unpaired) electrons. The van der Waals surface area contributed by atoms with Gasteiger partial charge in [0, 0.05) is 12.8 Å². The predicted molar refractivity (Wildman–Crippen MR) is 205 cm³/mol. The highest BCUT2D eigenvalue weighted by Gasteiger charge is 2.16. The molecule has 0 spiro atoms. The van der Waals surface area contributed by atoms with E-state index in [1.165, 1.54) is 148 Å². The Labute approximate surface area is 298 Å². The normalized spacial score (nSPS) is 12.3. The van der Waals surface area contributed by atoms with Crippen LogP contribution < -0.4 is 0 Å². The SMILES string of the molecule is CCCCCCC/C=C\C/C=C\CCCCCCCCCCCCCC(=O)OC(CO)COC(=O)CCCCCCCCCCCCC. The standard InChI is InChI=1S/C43H80O5/c1-3-5-7-9-11-13-15-16-17-18-19-20-21-22-23-24-25-26-28-30-32-34-36-38-43(46)48-41(39-44)40-47-42(45)37-35-33-31-29-27-14-12-10-8-6-4-2/h15-16,18-19,41,44H,3-14,17,20-40H2,1-2H3/b16-15-,19-18-. The van der Waals surface area contributed by atoms with E-state index in [1.807, 2.05) is 0 Å². The van der Waals surface area contributed by atoms with Crippen LogP contribution in [0.3, 0.4) is 0 Å². The van der Waals surface area contributed by atoms with Crippen molar-refractivity contribution in [3.05, 3.63) is 24.3 Å². The quantitative estimate of drug-likeness (QED) is 0.0400. The summed E-state index contributed by atoms with van der Waals surface area (Å²) in [7, 11) is 0. The molecule has 0 aromatic heterocycles. The minimum Gasteiger partial charge on any atom is -0.462 e. The number of unbranched alkanes of at least 4 members (excludes halogenated alkanes) is 26. The summed E-state index contributed by atoms with van der Waals surface area (Å²) < 4.78 is 10.6. The highest BCUT2D eigenvalue weighted by Crippen LogP contribution is 2.15. The monoisotopic (exact) mass is 677 g/mol. The van der Waals surface area contributed by atoms with E-state index in [4.69, 9.17) is 9.47 Å². The molecule has 0 aromatic rings. The third kappa shape index (κ3) is 37.2. The van der Waals surface area contributed by atoms with Gasteiger partial charge in [0.05, 0.1) is 6.61 Å². The van der Waals surface area contributed by atoms with Crippen molar-refractivity contribution >= 4 is 11.9 Å². The molecule has 0 saturated carbocycles. The molecule has 0 heterocycles. The van der Waals surface area contributed by atoms with Crippen LogP contribution in [0.4, 0.5) is 0 Å². The Kier molecular flexibility index (Phi) is 38.5. The van der Waals surface area contributed by atoms with Crippen molar-refractivity contribution < 1.29 is 24.2 Å². The number of hydrogen-bond acceptors (Lipinski definition) is 5. The molecule has 0 saturated heterocycles. The molecular weight excluding hydrogens is 596 g/mol. The number of rotatable bonds is 38. The largest absolute Gasteiger partial charge is 0.462 e. The Morgan fingerprint density at radius 3 is 1.23 bits per heavy atom. The molecule has 0 fully saturated rings. The van der Waals surface area contributed by atoms with Crippen LogP contribution in [0.2, 0.25) is 0 Å². The zero-order chi connectivity index (χ0) is 35.0. The van der Waals surface area contributed by atoms with Crippen molar-refractivity contribution in [2.75, 3.05) is 13.2 Å². The second-order valence-corrected chi connectivity index (χ2v) is 14.1. The molecule has 1 N–H and O–H groups in total. The van der Waals surface area contributed by atoms with E-state index < -0.39 is 6.10 Å². The molecule has 5 nitrogen and oxygen atoms in total. The van der Waals surface area contributed by atoms with E-state index in [2.05, 4.69) is 38.2 Å². The van der Waals surface area contributed by atoms with Gasteiger partial charge in [0.15, 0.2) is 6.10 Å². The average molecular weight is 677 g/mol. The number of ether oxygens (including phenoxy) is 2. The molecule has 0 bridgehead atoms. The topological polar surface area (TPSA) is 72.8 Å². The van der Waals surface area contributed by atoms with Gasteiger partial charge in [-0.1, -0.05) is 186 Å². The molecule has 0 rings (SSSR count). The zero-order valence-corrected chi connectivity index (χ0v) is 32.0. The first-order valence-electron chi connectivity index (χ1n) is 20.9. The summed E-state index contributed by atoms with van der Waals surface area (Å²) in [6.45, 7) is 4.13. The predicted octanol–water partition coefficient (Wildman–Crippen LogP) is 13.1. The van der Waals surface area contributed by atoms with Crippen molar-refractivity contribution in [1.82, 2.24) is 0 Å². The molecule has 1 unspecified atom stereocenters. The van der Waals surface area contributed by atoms with Gasteiger partial charge in [-0.15, -0.1) is 0 Å². The van der Waals surface area contributed by atoms with Crippen molar-refractivity contribution in [3.8, 4) is 0 Å². The van der Waals surface area contributed by atoms with Gasteiger partial charge >= 0.3 is 11.9 Å². The first kappa shape index (κ1) is 46.4. The number of allylic oxidation sites excluding steroid dienone is 4. The van der Waals surface area contributed by atoms with E-state index >= 15 is 0 Å². The Balaban J connectivity index is 3.49. The van der Waals surface area contributed by atoms with Crippen LogP contribution >= 0.6 is 0 Å². The second kappa shape index (κ2) is 39.8. The molecular formula is C43H80O5. The van der Waals surface area contributed by atoms with Gasteiger partial charge < -0.3 is 14.6 Å². The Morgan fingerprint density at radius 2 is 0.833 bits per heavy atom. The van der Waals surface area contributed by atoms with E-state index in [0.717, 1.165) is 44.9 Å². The fourth-order valence-electron chi connectivity index (χ4n) is 6.06. The van der Waals surface area contributed by atoms with Gasteiger partial charge in [0.2, 0.25) is 0 Å². The summed E-state index contributed by atoms with van der Waals surface area (Å²) >= 11 is 0. The van der Waals surface area contributed by atoms with Gasteiger partial charge in [0.1, 0.15) is 6.61 Å². The summed E-state index contributed by atoms with van der Waals surface area (Å²) in [4.78, 5) is 24.2. The maximum absolute atomic E-state index is 12.2. The maximum Gasteiger partial charge on any atom is 0.306 e. The summed E-state index contributed by atoms with van der Waals surface area (Å²) in [5.41, 5.74) is 0. The Hall–Kier alpha value is -1.62. The molecule has 0 aliphatic rings. The Morgan fingerprint density at radius 1 is 0.479 bits per heavy atom. The number of aliphatic hydroxyl groups is 1. The third-order valence-electron chi connectivity index (χ3n) is 9.25. The van der Waals surface area contributed by atoms with Crippen molar-refractivity contribution in [2.24, 2.45) is 0 Å². The molecule has 0 aliphatic heterocycles. The molecule has 1 atom stereocenters. The van der Waals surface area contributed by atoms with E-state index in [1.54, 1.807) is 0 Å². The smallest absolute Gasteiger partial charge is 0.306 e. The summed E-state index contributed by atoms with van der Waals surface area (Å²) in [5, 5.41) is 9.55. The molecule has 0 aliphatic carbocycles. The minimum atomic E-state index is -0.766. The first-order valence-corrected chi connectivity index (χ1v) is 20.9. The number of aliphatic hydroxyl groups excluding tert-OH is 1. The van der Waals surface area contributed by atoms with E-state index in [9.17, 15) is 14.7 Å².